The highest BCUT2D eigenvalue weighted by atomic mass is 16.3. The highest BCUT2D eigenvalue weighted by Gasteiger charge is 2.12. The molecule has 0 fully saturated rings. The third-order valence-electron chi connectivity index (χ3n) is 2.76. The first kappa shape index (κ1) is 13.4. The lowest BCUT2D eigenvalue weighted by atomic mass is 10.0. The first-order valence-corrected chi connectivity index (χ1v) is 5.64. The zero-order chi connectivity index (χ0) is 12.8. The molecule has 0 aliphatic heterocycles. The Bertz CT molecular complexity index is 382. The minimum atomic E-state index is -0.212. The molecular weight excluding hydrogens is 218 g/mol. The molecule has 1 rings (SSSR count). The lowest BCUT2D eigenvalue weighted by Crippen LogP contribution is -2.26. The number of carbonyl (C=O) groups is 1. The van der Waals surface area contributed by atoms with Gasteiger partial charge in [-0.2, -0.15) is 0 Å². The zero-order valence-corrected chi connectivity index (χ0v) is 10.4. The normalized spacial score (nSPS) is 13.9. The van der Waals surface area contributed by atoms with Crippen molar-refractivity contribution in [2.45, 2.75) is 19.9 Å². The minimum absolute atomic E-state index is 0.125. The number of hydrogen-bond acceptors (Lipinski definition) is 4. The summed E-state index contributed by atoms with van der Waals surface area (Å²) in [5.74, 6) is -0.0665. The van der Waals surface area contributed by atoms with Gasteiger partial charge in [-0.3, -0.25) is 9.78 Å². The van der Waals surface area contributed by atoms with Crippen LogP contribution in [0, 0.1) is 5.92 Å². The van der Waals surface area contributed by atoms with E-state index in [1.54, 1.807) is 25.4 Å². The standard InChI is InChI=1S/C12H19N3O2/c1-8(7-16)9(2)15-10-4-5-14-11(6-10)12(17)13-3/h4-6,8-9,16H,7H2,1-3H3,(H,13,17)(H,14,15). The average molecular weight is 237 g/mol. The first-order chi connectivity index (χ1) is 8.08. The molecule has 1 heterocycles. The Kier molecular flexibility index (Phi) is 4.90. The summed E-state index contributed by atoms with van der Waals surface area (Å²) in [5.41, 5.74) is 1.20. The average Bonchev–Trinajstić information content (AvgIpc) is 2.37. The van der Waals surface area contributed by atoms with Crippen LogP contribution in [0.15, 0.2) is 18.3 Å². The van der Waals surface area contributed by atoms with Gasteiger partial charge in [-0.15, -0.1) is 0 Å². The molecule has 0 bridgehead atoms. The summed E-state index contributed by atoms with van der Waals surface area (Å²) in [5, 5.41) is 14.8. The van der Waals surface area contributed by atoms with Crippen molar-refractivity contribution in [3.05, 3.63) is 24.0 Å². The predicted octanol–water partition coefficient (Wildman–Crippen LogP) is 0.870. The molecule has 0 aliphatic rings. The number of nitrogens with one attached hydrogen (secondary N) is 2. The summed E-state index contributed by atoms with van der Waals surface area (Å²) in [6.45, 7) is 4.07. The van der Waals surface area contributed by atoms with E-state index in [1.807, 2.05) is 13.8 Å². The molecular formula is C12H19N3O2. The van der Waals surface area contributed by atoms with Gasteiger partial charge in [-0.25, -0.2) is 0 Å². The number of aliphatic hydroxyl groups is 1. The van der Waals surface area contributed by atoms with Crippen LogP contribution in [0.1, 0.15) is 24.3 Å². The van der Waals surface area contributed by atoms with Crippen molar-refractivity contribution in [3.63, 3.8) is 0 Å². The maximum absolute atomic E-state index is 11.4. The van der Waals surface area contributed by atoms with Crippen LogP contribution in [0.25, 0.3) is 0 Å². The van der Waals surface area contributed by atoms with Gasteiger partial charge in [-0.1, -0.05) is 6.92 Å². The van der Waals surface area contributed by atoms with E-state index in [2.05, 4.69) is 15.6 Å². The van der Waals surface area contributed by atoms with Crippen LogP contribution >= 0.6 is 0 Å². The Morgan fingerprint density at radius 2 is 2.24 bits per heavy atom. The number of nitrogens with zero attached hydrogens (tertiary/aromatic N) is 1. The smallest absolute Gasteiger partial charge is 0.269 e. The third kappa shape index (κ3) is 3.71. The van der Waals surface area contributed by atoms with Crippen LogP contribution in [0.5, 0.6) is 0 Å². The van der Waals surface area contributed by atoms with Crippen LogP contribution in [-0.4, -0.2) is 35.7 Å². The Morgan fingerprint density at radius 3 is 2.82 bits per heavy atom. The van der Waals surface area contributed by atoms with Crippen molar-refractivity contribution in [1.29, 1.82) is 0 Å². The fourth-order valence-electron chi connectivity index (χ4n) is 1.34. The number of pyridine rings is 1. The van der Waals surface area contributed by atoms with E-state index >= 15 is 0 Å². The SMILES string of the molecule is CNC(=O)c1cc(NC(C)C(C)CO)ccn1. The molecule has 0 spiro atoms. The lowest BCUT2D eigenvalue weighted by molar-refractivity contribution is 0.0958. The van der Waals surface area contributed by atoms with Gasteiger partial charge < -0.3 is 15.7 Å². The quantitative estimate of drug-likeness (QED) is 0.710. The molecule has 1 aromatic rings. The van der Waals surface area contributed by atoms with E-state index in [0.717, 1.165) is 5.69 Å². The molecule has 0 saturated heterocycles. The van der Waals surface area contributed by atoms with Crippen molar-refractivity contribution in [3.8, 4) is 0 Å². The van der Waals surface area contributed by atoms with Crippen molar-refractivity contribution < 1.29 is 9.90 Å². The Labute approximate surface area is 101 Å². The largest absolute Gasteiger partial charge is 0.396 e. The van der Waals surface area contributed by atoms with Gasteiger partial charge in [0.05, 0.1) is 0 Å². The number of carbonyl (C=O) groups excluding carboxylic acids is 1. The molecule has 0 aliphatic carbocycles. The van der Waals surface area contributed by atoms with Crippen molar-refractivity contribution in [2.24, 2.45) is 5.92 Å². The van der Waals surface area contributed by atoms with Crippen molar-refractivity contribution in [2.75, 3.05) is 19.0 Å². The van der Waals surface area contributed by atoms with Crippen LogP contribution in [-0.2, 0) is 0 Å². The number of aliphatic hydroxyl groups excluding tert-OH is 1. The minimum Gasteiger partial charge on any atom is -0.396 e. The van der Waals surface area contributed by atoms with E-state index in [4.69, 9.17) is 5.11 Å². The van der Waals surface area contributed by atoms with E-state index in [9.17, 15) is 4.79 Å². The molecule has 2 atom stereocenters. The molecule has 17 heavy (non-hydrogen) atoms. The predicted molar refractivity (Wildman–Crippen MR) is 67.0 cm³/mol. The van der Waals surface area contributed by atoms with Gasteiger partial charge in [0.2, 0.25) is 0 Å². The molecule has 5 nitrogen and oxygen atoms in total. The summed E-state index contributed by atoms with van der Waals surface area (Å²) < 4.78 is 0. The number of aromatic nitrogens is 1. The number of amides is 1. The van der Waals surface area contributed by atoms with Crippen molar-refractivity contribution >= 4 is 11.6 Å². The molecule has 3 N–H and O–H groups in total. The first-order valence-electron chi connectivity index (χ1n) is 5.64. The molecule has 0 aromatic carbocycles. The second-order valence-corrected chi connectivity index (χ2v) is 4.10. The molecule has 2 unspecified atom stereocenters. The second kappa shape index (κ2) is 6.20. The number of rotatable bonds is 5. The van der Waals surface area contributed by atoms with Crippen LogP contribution in [0.2, 0.25) is 0 Å². The highest BCUT2D eigenvalue weighted by molar-refractivity contribution is 5.92. The maximum Gasteiger partial charge on any atom is 0.269 e. The fourth-order valence-corrected chi connectivity index (χ4v) is 1.34. The molecule has 0 radical (unpaired) electrons. The molecule has 1 aromatic heterocycles. The van der Waals surface area contributed by atoms with Crippen LogP contribution in [0.3, 0.4) is 0 Å². The summed E-state index contributed by atoms with van der Waals surface area (Å²) >= 11 is 0. The highest BCUT2D eigenvalue weighted by Crippen LogP contribution is 2.13. The number of anilines is 1. The van der Waals surface area contributed by atoms with Crippen molar-refractivity contribution in [1.82, 2.24) is 10.3 Å². The molecule has 0 saturated carbocycles. The third-order valence-corrected chi connectivity index (χ3v) is 2.76. The summed E-state index contributed by atoms with van der Waals surface area (Å²) in [7, 11) is 1.57. The van der Waals surface area contributed by atoms with Crippen LogP contribution < -0.4 is 10.6 Å². The van der Waals surface area contributed by atoms with Gasteiger partial charge in [-0.05, 0) is 25.0 Å². The van der Waals surface area contributed by atoms with E-state index in [0.29, 0.717) is 5.69 Å². The van der Waals surface area contributed by atoms with Gasteiger partial charge in [0.25, 0.3) is 5.91 Å². The second-order valence-electron chi connectivity index (χ2n) is 4.10. The van der Waals surface area contributed by atoms with Gasteiger partial charge in [0.15, 0.2) is 0 Å². The van der Waals surface area contributed by atoms with E-state index in [1.165, 1.54) is 0 Å². The Balaban J connectivity index is 2.75. The van der Waals surface area contributed by atoms with E-state index in [-0.39, 0.29) is 24.5 Å². The topological polar surface area (TPSA) is 74.2 Å². The Hall–Kier alpha value is -1.62. The fraction of sp³-hybridized carbons (Fsp3) is 0.500. The lowest BCUT2D eigenvalue weighted by Gasteiger charge is -2.20. The molecule has 5 heteroatoms. The van der Waals surface area contributed by atoms with Gasteiger partial charge in [0.1, 0.15) is 5.69 Å². The zero-order valence-electron chi connectivity index (χ0n) is 10.4. The van der Waals surface area contributed by atoms with Gasteiger partial charge in [0, 0.05) is 31.6 Å². The molecule has 94 valence electrons. The summed E-state index contributed by atoms with van der Waals surface area (Å²) in [4.78, 5) is 15.4. The maximum atomic E-state index is 11.4. The van der Waals surface area contributed by atoms with Crippen LogP contribution in [0.4, 0.5) is 5.69 Å². The number of hydrogen-bond donors (Lipinski definition) is 3. The van der Waals surface area contributed by atoms with Gasteiger partial charge >= 0.3 is 0 Å². The van der Waals surface area contributed by atoms with E-state index < -0.39 is 0 Å². The monoisotopic (exact) mass is 237 g/mol. The summed E-state index contributed by atoms with van der Waals surface area (Å²) in [6.07, 6.45) is 1.59. The Morgan fingerprint density at radius 1 is 1.53 bits per heavy atom. The molecule has 1 amide bonds. The summed E-state index contributed by atoms with van der Waals surface area (Å²) in [6, 6.07) is 3.62.